The maximum atomic E-state index is 12.6. The highest BCUT2D eigenvalue weighted by Crippen LogP contribution is 2.54. The molecular weight excluding hydrogens is 290 g/mol. The second kappa shape index (κ2) is 4.28. The Labute approximate surface area is 136 Å². The van der Waals surface area contributed by atoms with Gasteiger partial charge in [-0.1, -0.05) is 30.3 Å². The fraction of sp³-hybridized carbons (Fsp3) is 0.611. The number of amides is 1. The molecule has 0 aliphatic carbocycles. The molecule has 1 aromatic rings. The minimum Gasteiger partial charge on any atom is -0.428 e. The zero-order chi connectivity index (χ0) is 15.8. The Bertz CT molecular complexity index is 661. The first-order valence-corrected chi connectivity index (χ1v) is 8.63. The summed E-state index contributed by atoms with van der Waals surface area (Å²) >= 11 is 0. The van der Waals surface area contributed by atoms with Crippen molar-refractivity contribution in [1.29, 1.82) is 0 Å². The largest absolute Gasteiger partial charge is 0.428 e. The van der Waals surface area contributed by atoms with Crippen molar-refractivity contribution in [3.8, 4) is 0 Å². The van der Waals surface area contributed by atoms with Gasteiger partial charge in [0.2, 0.25) is 0 Å². The summed E-state index contributed by atoms with van der Waals surface area (Å²) in [6.45, 7) is 4.93. The van der Waals surface area contributed by atoms with E-state index in [9.17, 15) is 4.79 Å². The number of ether oxygens (including phenoxy) is 1. The molecule has 4 atom stereocenters. The van der Waals surface area contributed by atoms with Gasteiger partial charge in [-0.2, -0.15) is 0 Å². The molecular formula is C18H23N3O2. The Hall–Kier alpha value is -1.59. The van der Waals surface area contributed by atoms with Crippen molar-refractivity contribution >= 4 is 6.09 Å². The van der Waals surface area contributed by atoms with Crippen molar-refractivity contribution in [2.75, 3.05) is 6.54 Å². The van der Waals surface area contributed by atoms with E-state index in [1.165, 1.54) is 5.56 Å². The predicted molar refractivity (Wildman–Crippen MR) is 85.6 cm³/mol. The third-order valence-corrected chi connectivity index (χ3v) is 6.27. The lowest BCUT2D eigenvalue weighted by atomic mass is 9.87. The van der Waals surface area contributed by atoms with Gasteiger partial charge < -0.3 is 4.74 Å². The first-order chi connectivity index (χ1) is 11.0. The molecule has 4 saturated heterocycles. The third-order valence-electron chi connectivity index (χ3n) is 6.27. The molecule has 5 nitrogen and oxygen atoms in total. The molecule has 23 heavy (non-hydrogen) atoms. The van der Waals surface area contributed by atoms with Gasteiger partial charge in [0.25, 0.3) is 0 Å². The van der Waals surface area contributed by atoms with E-state index in [0.29, 0.717) is 6.04 Å². The smallest absolute Gasteiger partial charge is 0.412 e. The zero-order valence-corrected chi connectivity index (χ0v) is 13.7. The molecule has 5 rings (SSSR count). The second-order valence-electron chi connectivity index (χ2n) is 7.82. The van der Waals surface area contributed by atoms with Gasteiger partial charge in [0.1, 0.15) is 0 Å². The fourth-order valence-electron chi connectivity index (χ4n) is 5.44. The van der Waals surface area contributed by atoms with E-state index in [0.717, 1.165) is 25.8 Å². The van der Waals surface area contributed by atoms with Crippen molar-refractivity contribution in [2.24, 2.45) is 0 Å². The van der Waals surface area contributed by atoms with Crippen molar-refractivity contribution in [3.05, 3.63) is 35.9 Å². The molecule has 1 N–H and O–H groups in total. The lowest BCUT2D eigenvalue weighted by molar-refractivity contribution is -0.122. The number of nitrogens with zero attached hydrogens (tertiary/aromatic N) is 2. The minimum absolute atomic E-state index is 0.133. The standard InChI is InChI=1S/C18H23N3O2/c1-17(2)20-11-14(12-6-4-3-5-7-12)19-18(20)10-13-8-9-15(18)21(13)16(22)23-17/h3-7,13-15,19H,8-11H2,1-2H3. The Kier molecular flexibility index (Phi) is 2.57. The van der Waals surface area contributed by atoms with Crippen LogP contribution in [0.2, 0.25) is 0 Å². The quantitative estimate of drug-likeness (QED) is 0.865. The maximum Gasteiger partial charge on any atom is 0.412 e. The van der Waals surface area contributed by atoms with Gasteiger partial charge in [-0.05, 0) is 32.3 Å². The number of hydrogen-bond acceptors (Lipinski definition) is 4. The Morgan fingerprint density at radius 3 is 2.78 bits per heavy atom. The first-order valence-electron chi connectivity index (χ1n) is 8.63. The number of hydrogen-bond donors (Lipinski definition) is 1. The van der Waals surface area contributed by atoms with E-state index in [-0.39, 0.29) is 23.8 Å². The van der Waals surface area contributed by atoms with Crippen LogP contribution in [0.1, 0.15) is 44.7 Å². The molecule has 4 aliphatic heterocycles. The summed E-state index contributed by atoms with van der Waals surface area (Å²) in [6, 6.07) is 11.5. The number of cyclic esters (lactones) is 1. The highest BCUT2D eigenvalue weighted by atomic mass is 16.6. The van der Waals surface area contributed by atoms with Gasteiger partial charge in [0.15, 0.2) is 5.72 Å². The van der Waals surface area contributed by atoms with Crippen LogP contribution in [-0.2, 0) is 4.74 Å². The highest BCUT2D eigenvalue weighted by molar-refractivity contribution is 5.71. The summed E-state index contributed by atoms with van der Waals surface area (Å²) < 4.78 is 5.88. The van der Waals surface area contributed by atoms with Crippen LogP contribution in [0.25, 0.3) is 0 Å². The number of carbonyl (C=O) groups is 1. The van der Waals surface area contributed by atoms with Crippen LogP contribution in [0, 0.1) is 0 Å². The van der Waals surface area contributed by atoms with Gasteiger partial charge in [-0.15, -0.1) is 0 Å². The van der Waals surface area contributed by atoms with Crippen LogP contribution in [0.5, 0.6) is 0 Å². The predicted octanol–water partition coefficient (Wildman–Crippen LogP) is 2.45. The summed E-state index contributed by atoms with van der Waals surface area (Å²) in [7, 11) is 0. The molecule has 1 amide bonds. The molecule has 1 aromatic carbocycles. The molecule has 4 heterocycles. The maximum absolute atomic E-state index is 12.6. The van der Waals surface area contributed by atoms with Crippen LogP contribution < -0.4 is 5.32 Å². The van der Waals surface area contributed by atoms with Crippen LogP contribution in [0.3, 0.4) is 0 Å². The minimum atomic E-state index is -0.580. The van der Waals surface area contributed by atoms with Crippen molar-refractivity contribution in [2.45, 2.75) is 62.6 Å². The van der Waals surface area contributed by atoms with E-state index in [4.69, 9.17) is 4.74 Å². The van der Waals surface area contributed by atoms with Gasteiger partial charge in [0, 0.05) is 25.0 Å². The number of rotatable bonds is 1. The summed E-state index contributed by atoms with van der Waals surface area (Å²) in [4.78, 5) is 17.0. The number of nitrogens with one attached hydrogen (secondary N) is 1. The first kappa shape index (κ1) is 13.8. The summed E-state index contributed by atoms with van der Waals surface area (Å²) in [6.07, 6.45) is 3.06. The van der Waals surface area contributed by atoms with Crippen LogP contribution >= 0.6 is 0 Å². The normalized spacial score (nSPS) is 40.9. The average Bonchev–Trinajstić information content (AvgIpc) is 3.17. The molecule has 122 valence electrons. The molecule has 4 fully saturated rings. The lowest BCUT2D eigenvalue weighted by Crippen LogP contribution is -2.63. The Morgan fingerprint density at radius 2 is 2.00 bits per heavy atom. The monoisotopic (exact) mass is 313 g/mol. The molecule has 4 aliphatic rings. The van der Waals surface area contributed by atoms with E-state index in [1.54, 1.807) is 0 Å². The topological polar surface area (TPSA) is 44.8 Å². The molecule has 0 saturated carbocycles. The number of carbonyl (C=O) groups excluding carboxylic acids is 1. The Morgan fingerprint density at radius 1 is 1.22 bits per heavy atom. The van der Waals surface area contributed by atoms with Crippen LogP contribution in [0.4, 0.5) is 4.79 Å². The van der Waals surface area contributed by atoms with E-state index < -0.39 is 5.72 Å². The summed E-state index contributed by atoms with van der Waals surface area (Å²) in [5.41, 5.74) is 0.591. The van der Waals surface area contributed by atoms with Gasteiger partial charge in [-0.3, -0.25) is 10.2 Å². The van der Waals surface area contributed by atoms with E-state index in [2.05, 4.69) is 40.5 Å². The lowest BCUT2D eigenvalue weighted by Gasteiger charge is -2.45. The van der Waals surface area contributed by atoms with Crippen molar-refractivity contribution in [3.63, 3.8) is 0 Å². The van der Waals surface area contributed by atoms with Gasteiger partial charge in [-0.25, -0.2) is 9.69 Å². The molecule has 5 heteroatoms. The van der Waals surface area contributed by atoms with Crippen LogP contribution in [0.15, 0.2) is 30.3 Å². The highest BCUT2D eigenvalue weighted by Gasteiger charge is 2.68. The zero-order valence-electron chi connectivity index (χ0n) is 13.7. The van der Waals surface area contributed by atoms with Crippen molar-refractivity contribution < 1.29 is 9.53 Å². The fourth-order valence-corrected chi connectivity index (χ4v) is 5.44. The number of benzene rings is 1. The molecule has 1 spiro atoms. The van der Waals surface area contributed by atoms with E-state index in [1.807, 2.05) is 18.7 Å². The summed E-state index contributed by atoms with van der Waals surface area (Å²) in [5, 5.41) is 3.91. The molecule has 4 bridgehead atoms. The summed E-state index contributed by atoms with van der Waals surface area (Å²) in [5.74, 6) is 0. The SMILES string of the molecule is CC1(C)OC(=O)N2C3CCC2C2(C3)NC(c3ccccc3)CN12. The Balaban J connectivity index is 1.59. The molecule has 0 radical (unpaired) electrons. The second-order valence-corrected chi connectivity index (χ2v) is 7.82. The van der Waals surface area contributed by atoms with E-state index >= 15 is 0 Å². The molecule has 4 unspecified atom stereocenters. The average molecular weight is 313 g/mol. The van der Waals surface area contributed by atoms with Crippen LogP contribution in [-0.4, -0.2) is 45.9 Å². The third kappa shape index (κ3) is 1.67. The van der Waals surface area contributed by atoms with Gasteiger partial charge >= 0.3 is 6.09 Å². The molecule has 0 aromatic heterocycles. The van der Waals surface area contributed by atoms with Gasteiger partial charge in [0.05, 0.1) is 11.7 Å². The van der Waals surface area contributed by atoms with Crippen molar-refractivity contribution in [1.82, 2.24) is 15.1 Å².